The Bertz CT molecular complexity index is 4580. The van der Waals surface area contributed by atoms with Crippen molar-refractivity contribution < 1.29 is 156 Å². The number of guanidine groups is 1. The lowest BCUT2D eigenvalue weighted by Gasteiger charge is -2.32. The summed E-state index contributed by atoms with van der Waals surface area (Å²) in [6.07, 6.45) is -11.7. The predicted octanol–water partition coefficient (Wildman–Crippen LogP) is -11.4. The number of nitrogens with two attached hydrogens (primary N) is 4. The van der Waals surface area contributed by atoms with E-state index in [4.69, 9.17) is 28.3 Å². The number of aliphatic carboxylic acids is 3. The van der Waals surface area contributed by atoms with E-state index in [2.05, 4.69) is 95.7 Å². The normalized spacial score (nSPS) is 17.7. The number of likely N-dealkylation sites (tertiary alicyclic amines) is 2. The maximum absolute atomic E-state index is 14.6. The first-order valence-electron chi connectivity index (χ1n) is 49.7. The van der Waals surface area contributed by atoms with Crippen molar-refractivity contribution >= 4 is 142 Å². The lowest BCUT2D eigenvalue weighted by atomic mass is 9.98. The van der Waals surface area contributed by atoms with E-state index in [1.165, 1.54) is 27.7 Å². The number of primary amides is 1. The molecule has 0 aromatic rings. The van der Waals surface area contributed by atoms with Crippen molar-refractivity contribution in [1.82, 2.24) is 106 Å². The Morgan fingerprint density at radius 2 is 0.664 bits per heavy atom. The summed E-state index contributed by atoms with van der Waals surface area (Å²) in [7, 11) is 0. The second-order valence-corrected chi connectivity index (χ2v) is 39.2. The van der Waals surface area contributed by atoms with Crippen LogP contribution in [-0.2, 0) is 110 Å². The Hall–Kier alpha value is -13.2. The van der Waals surface area contributed by atoms with E-state index in [-0.39, 0.29) is 128 Å². The van der Waals surface area contributed by atoms with Gasteiger partial charge in [-0.1, -0.05) is 69.2 Å². The van der Waals surface area contributed by atoms with Crippen LogP contribution in [0.2, 0.25) is 0 Å². The minimum absolute atomic E-state index is 0.0160. The number of unbranched alkanes of at least 4 members (excludes halogenated alkanes) is 1. The number of aliphatic hydroxyl groups is 6. The minimum atomic E-state index is -2.07. The molecule has 0 aliphatic carbocycles. The number of rotatable bonds is 68. The fraction of sp³-hybridized carbons (Fsp3) is 0.739. The molecule has 2 heterocycles. The molecule has 844 valence electrons. The highest BCUT2D eigenvalue weighted by Gasteiger charge is 2.46. The van der Waals surface area contributed by atoms with Crippen LogP contribution in [0, 0.1) is 35.0 Å². The molecule has 57 heteroatoms. The molecule has 36 N–H and O–H groups in total. The van der Waals surface area contributed by atoms with Gasteiger partial charge in [-0.3, -0.25) is 111 Å². The number of nitrogens with one attached hydrogen (secondary N) is 19. The molecule has 2 aliphatic rings. The molecule has 0 spiro atoms. The van der Waals surface area contributed by atoms with E-state index in [9.17, 15) is 156 Å². The van der Waals surface area contributed by atoms with E-state index in [0.29, 0.717) is 0 Å². The van der Waals surface area contributed by atoms with Gasteiger partial charge in [0, 0.05) is 38.9 Å². The Morgan fingerprint density at radius 3 is 1.09 bits per heavy atom. The summed E-state index contributed by atoms with van der Waals surface area (Å²) in [6.45, 7) is 18.5. The summed E-state index contributed by atoms with van der Waals surface area (Å²) in [5.41, 5.74) is 22.2. The SMILES string of the molecule is CC(C)C[C@H](NC(=O)[C@H](CCCNC(=N)N)NC(=O)CNC(=O)[C@H](CCC(=O)O)NC(=O)[C@H](CO)NC(=O)[C@H](CCC(=O)O)NC(=O)[C@H](CCCCN)NC(=O)[C@@H](NC(=O)[C@@H](NC(=O)[C@@H](N)CCC(N)=O)[C@@H](C)O)C(C)C)C(=O)N[C@H](C(=O)N[C@H](C(=O)N1CCC[C@H]1C(=O)NCC(=O)N[C@H](C(=O)N1CCC[C@H]1C(=O)N[C@@H](CC(C)C)C(=O)N[C@H](C(=O)N[C@@H](CC(C)C)C(=O)N[C@H](C(=O)O)[C@@H](C)O)[C@@H](C)O)[C@@H](C)O)[C@@H](C)O)C(C)C. The number of carbonyl (C=O) groups is 23. The maximum atomic E-state index is 14.6. The van der Waals surface area contributed by atoms with E-state index in [1.54, 1.807) is 41.5 Å². The molecule has 149 heavy (non-hydrogen) atoms. The largest absolute Gasteiger partial charge is 0.481 e. The Kier molecular flexibility index (Phi) is 58.0. The average molecular weight is 2130 g/mol. The van der Waals surface area contributed by atoms with Crippen LogP contribution in [0.1, 0.15) is 219 Å². The molecule has 23 atom stereocenters. The highest BCUT2D eigenvalue weighted by molar-refractivity contribution is 6.03. The van der Waals surface area contributed by atoms with Crippen molar-refractivity contribution in [2.24, 2.45) is 52.5 Å². The van der Waals surface area contributed by atoms with Gasteiger partial charge in [0.1, 0.15) is 96.7 Å². The van der Waals surface area contributed by atoms with Gasteiger partial charge in [0.25, 0.3) is 0 Å². The summed E-state index contributed by atoms with van der Waals surface area (Å²) in [4.78, 5) is 315. The van der Waals surface area contributed by atoms with Gasteiger partial charge in [-0.2, -0.15) is 0 Å². The first-order valence-corrected chi connectivity index (χ1v) is 49.7. The summed E-state index contributed by atoms with van der Waals surface area (Å²) in [5, 5.41) is 143. The maximum Gasteiger partial charge on any atom is 0.328 e. The van der Waals surface area contributed by atoms with Crippen molar-refractivity contribution in [3.8, 4) is 0 Å². The van der Waals surface area contributed by atoms with Crippen molar-refractivity contribution in [2.45, 2.75) is 359 Å². The topological polar surface area (TPSA) is 926 Å². The average Bonchev–Trinajstić information content (AvgIpc) is 1.70. The predicted molar refractivity (Wildman–Crippen MR) is 528 cm³/mol. The second-order valence-electron chi connectivity index (χ2n) is 39.2. The van der Waals surface area contributed by atoms with Gasteiger partial charge >= 0.3 is 17.9 Å². The molecule has 0 radical (unpaired) electrons. The highest BCUT2D eigenvalue weighted by atomic mass is 16.4. The first-order chi connectivity index (χ1) is 69.5. The molecule has 0 bridgehead atoms. The number of hydrogen-bond acceptors (Lipinski definition) is 32. The van der Waals surface area contributed by atoms with Crippen LogP contribution in [0.5, 0.6) is 0 Å². The third kappa shape index (κ3) is 46.6. The monoisotopic (exact) mass is 2130 g/mol. The number of carboxylic acids is 3. The van der Waals surface area contributed by atoms with E-state index >= 15 is 0 Å². The fourth-order valence-electron chi connectivity index (χ4n) is 15.8. The minimum Gasteiger partial charge on any atom is -0.481 e. The zero-order valence-corrected chi connectivity index (χ0v) is 87.0. The van der Waals surface area contributed by atoms with Crippen molar-refractivity contribution in [3.63, 3.8) is 0 Å². The Balaban J connectivity index is 2.36. The fourth-order valence-corrected chi connectivity index (χ4v) is 15.8. The summed E-state index contributed by atoms with van der Waals surface area (Å²) < 4.78 is 0. The molecule has 0 aromatic heterocycles. The van der Waals surface area contributed by atoms with Crippen LogP contribution >= 0.6 is 0 Å². The molecule has 0 aromatic carbocycles. The number of carboxylic acid groups (broad SMARTS) is 3. The Labute approximate surface area is 862 Å². The summed E-state index contributed by atoms with van der Waals surface area (Å²) in [5.74, 6) is -28.6. The van der Waals surface area contributed by atoms with Gasteiger partial charge in [-0.25, -0.2) is 4.79 Å². The van der Waals surface area contributed by atoms with E-state index < -0.39 is 344 Å². The zero-order chi connectivity index (χ0) is 114. The van der Waals surface area contributed by atoms with Gasteiger partial charge in [-0.05, 0) is 167 Å². The van der Waals surface area contributed by atoms with Crippen molar-refractivity contribution in [1.29, 1.82) is 5.41 Å². The Morgan fingerprint density at radius 1 is 0.336 bits per heavy atom. The van der Waals surface area contributed by atoms with Gasteiger partial charge in [0.15, 0.2) is 12.0 Å². The highest BCUT2D eigenvalue weighted by Crippen LogP contribution is 2.24. The summed E-state index contributed by atoms with van der Waals surface area (Å²) >= 11 is 0. The molecule has 20 amide bonds. The van der Waals surface area contributed by atoms with E-state index in [0.717, 1.165) is 44.4 Å². The summed E-state index contributed by atoms with van der Waals surface area (Å²) in [6, 6.07) is -29.3. The van der Waals surface area contributed by atoms with Gasteiger partial charge in [0.2, 0.25) is 118 Å². The van der Waals surface area contributed by atoms with Crippen molar-refractivity contribution in [2.75, 3.05) is 45.9 Å². The molecule has 2 aliphatic heterocycles. The molecule has 0 saturated carbocycles. The standard InChI is InChI=1S/C92H159N25O32/c1-41(2)35-56(105-76(133)52(22-18-32-98-92(96)97)101-63(125)38-99-75(132)54(26-29-65(127)128)102-82(139)59(40-118)108-78(135)55(27-30-66(129)130)103-77(134)53(21-16-17-31-93)104-85(142)67(44(7)8)111-88(145)70(47(12)120)112-74(131)51(94)25-28-62(95)124)79(136)110-68(45(9)10)86(143)114-72(49(14)122)90(147)116-33-19-23-60(116)83(140)100-39-64(126)109-71(48(13)121)89(146)117-34-20-24-61(117)84(141)106-57(36-42(3)4)80(137)113-69(46(11)119)87(144)107-58(37-43(5)6)81(138)115-73(50(15)123)91(148)149/h41-61,67-73,118-123H,16-40,93-94H2,1-15H3,(H2,95,124)(H,99,132)(H,100,140)(H,101,125)(H,102,139)(H,103,134)(H,104,142)(H,105,133)(H,106,141)(H,107,144)(H,108,135)(H,109,126)(H,110,136)(H,111,145)(H,112,131)(H,113,137)(H,114,143)(H,115,138)(H,127,128)(H,129,130)(H,148,149)(H4,96,97,98)/t46-,47-,48-,49-,50-,51+,52+,53+,54+,55+,56+,57+,58+,59+,60+,61+,67+,68+,69+,70+,71+,72+,73+/m1/s1. The molecular formula is C92H159N25O32. The van der Waals surface area contributed by atoms with Crippen LogP contribution in [0.25, 0.3) is 0 Å². The molecular weight excluding hydrogens is 1970 g/mol. The third-order valence-electron chi connectivity index (χ3n) is 24.0. The lowest BCUT2D eigenvalue weighted by molar-refractivity contribution is -0.145. The van der Waals surface area contributed by atoms with Gasteiger partial charge in [-0.15, -0.1) is 0 Å². The number of nitrogens with zero attached hydrogens (tertiary/aromatic N) is 2. The van der Waals surface area contributed by atoms with Crippen LogP contribution < -0.4 is 119 Å². The molecule has 2 fully saturated rings. The molecule has 2 rings (SSSR count). The van der Waals surface area contributed by atoms with E-state index in [1.807, 2.05) is 0 Å². The zero-order valence-electron chi connectivity index (χ0n) is 87.0. The van der Waals surface area contributed by atoms with Crippen LogP contribution in [0.4, 0.5) is 0 Å². The second kappa shape index (κ2) is 65.6. The van der Waals surface area contributed by atoms with Crippen LogP contribution in [-0.4, -0.2) is 383 Å². The van der Waals surface area contributed by atoms with Crippen LogP contribution in [0.3, 0.4) is 0 Å². The van der Waals surface area contributed by atoms with Crippen molar-refractivity contribution in [3.05, 3.63) is 0 Å². The third-order valence-corrected chi connectivity index (χ3v) is 24.0. The van der Waals surface area contributed by atoms with Crippen LogP contribution in [0.15, 0.2) is 0 Å². The first kappa shape index (κ1) is 132. The number of amides is 20. The number of hydrogen-bond donors (Lipinski definition) is 32. The molecule has 57 nitrogen and oxygen atoms in total. The molecule has 0 unspecified atom stereocenters. The molecule has 2 saturated heterocycles. The smallest absolute Gasteiger partial charge is 0.328 e. The number of carbonyl (C=O) groups excluding carboxylic acids is 20. The quantitative estimate of drug-likeness (QED) is 0.0153. The van der Waals surface area contributed by atoms with Gasteiger partial charge in [0.05, 0.1) is 56.3 Å². The lowest BCUT2D eigenvalue weighted by Crippen LogP contribution is -2.62. The number of aliphatic hydroxyl groups excluding tert-OH is 6. The van der Waals surface area contributed by atoms with Gasteiger partial charge < -0.3 is 174 Å².